The zero-order valence-electron chi connectivity index (χ0n) is 15.7. The molecule has 0 amide bonds. The van der Waals surface area contributed by atoms with E-state index >= 15 is 0 Å². The highest BCUT2D eigenvalue weighted by atomic mass is 16.5. The van der Waals surface area contributed by atoms with Crippen LogP contribution in [0.25, 0.3) is 0 Å². The highest BCUT2D eigenvalue weighted by molar-refractivity contribution is 5.90. The molecule has 3 aromatic carbocycles. The maximum absolute atomic E-state index is 11.5. The third-order valence-corrected chi connectivity index (χ3v) is 4.16. The Balaban J connectivity index is 1.69. The first kappa shape index (κ1) is 19.8. The van der Waals surface area contributed by atoms with Crippen LogP contribution in [0.3, 0.4) is 0 Å². The minimum absolute atomic E-state index is 0.236. The largest absolute Gasteiger partial charge is 0.488 e. The third-order valence-electron chi connectivity index (χ3n) is 4.16. The van der Waals surface area contributed by atoms with Gasteiger partial charge in [-0.2, -0.15) is 0 Å². The molecule has 0 saturated heterocycles. The standard InChI is InChI=1S/C23H19NO5/c1-28-23(27)18-10-12-20(13-11-18)24-14-19-4-2-3-5-21(19)29-15-16-6-8-17(9-7-16)22(25)26/h2-14H,15H2,1H3,(H,25,26). The van der Waals surface area contributed by atoms with Crippen LogP contribution in [0.15, 0.2) is 77.8 Å². The van der Waals surface area contributed by atoms with Crippen LogP contribution in [0.4, 0.5) is 5.69 Å². The molecule has 0 heterocycles. The minimum atomic E-state index is -0.960. The predicted octanol–water partition coefficient (Wildman–Crippen LogP) is 4.50. The first-order valence-corrected chi connectivity index (χ1v) is 8.83. The fourth-order valence-electron chi connectivity index (χ4n) is 2.57. The van der Waals surface area contributed by atoms with Crippen molar-refractivity contribution in [3.63, 3.8) is 0 Å². The second kappa shape index (κ2) is 9.32. The van der Waals surface area contributed by atoms with Crippen molar-refractivity contribution in [1.29, 1.82) is 0 Å². The lowest BCUT2D eigenvalue weighted by Gasteiger charge is -2.09. The van der Waals surface area contributed by atoms with Gasteiger partial charge in [0.25, 0.3) is 0 Å². The number of esters is 1. The van der Waals surface area contributed by atoms with Gasteiger partial charge in [-0.15, -0.1) is 0 Å². The van der Waals surface area contributed by atoms with Crippen molar-refractivity contribution in [3.05, 3.63) is 95.1 Å². The number of para-hydroxylation sites is 1. The molecule has 0 atom stereocenters. The summed E-state index contributed by atoms with van der Waals surface area (Å²) in [5.41, 5.74) is 3.05. The molecule has 0 aromatic heterocycles. The number of hydrogen-bond donors (Lipinski definition) is 1. The quantitative estimate of drug-likeness (QED) is 0.475. The van der Waals surface area contributed by atoms with Crippen LogP contribution in [-0.2, 0) is 11.3 Å². The number of nitrogens with zero attached hydrogens (tertiary/aromatic N) is 1. The van der Waals surface area contributed by atoms with E-state index in [4.69, 9.17) is 9.84 Å². The summed E-state index contributed by atoms with van der Waals surface area (Å²) in [5, 5.41) is 8.96. The third kappa shape index (κ3) is 5.29. The Morgan fingerprint density at radius 3 is 2.24 bits per heavy atom. The number of carboxylic acids is 1. The molecule has 1 N–H and O–H groups in total. The van der Waals surface area contributed by atoms with Crippen LogP contribution < -0.4 is 4.74 Å². The van der Waals surface area contributed by atoms with Crippen LogP contribution in [0.2, 0.25) is 0 Å². The fraction of sp³-hybridized carbons (Fsp3) is 0.0870. The summed E-state index contributed by atoms with van der Waals surface area (Å²) < 4.78 is 10.6. The van der Waals surface area contributed by atoms with Crippen molar-refractivity contribution < 1.29 is 24.2 Å². The molecule has 0 aliphatic heterocycles. The number of carbonyl (C=O) groups is 2. The molecule has 3 aromatic rings. The number of hydrogen-bond acceptors (Lipinski definition) is 5. The van der Waals surface area contributed by atoms with Gasteiger partial charge in [0.1, 0.15) is 12.4 Å². The summed E-state index contributed by atoms with van der Waals surface area (Å²) >= 11 is 0. The van der Waals surface area contributed by atoms with E-state index in [1.165, 1.54) is 7.11 Å². The van der Waals surface area contributed by atoms with Gasteiger partial charge in [-0.25, -0.2) is 9.59 Å². The van der Waals surface area contributed by atoms with Crippen LogP contribution in [-0.4, -0.2) is 30.4 Å². The zero-order chi connectivity index (χ0) is 20.6. The van der Waals surface area contributed by atoms with E-state index in [0.717, 1.165) is 11.1 Å². The Hall–Kier alpha value is -3.93. The monoisotopic (exact) mass is 389 g/mol. The average Bonchev–Trinajstić information content (AvgIpc) is 2.77. The van der Waals surface area contributed by atoms with Gasteiger partial charge < -0.3 is 14.6 Å². The average molecular weight is 389 g/mol. The highest BCUT2D eigenvalue weighted by Gasteiger charge is 2.05. The molecule has 0 unspecified atom stereocenters. The summed E-state index contributed by atoms with van der Waals surface area (Å²) in [6, 6.07) is 20.8. The molecule has 6 heteroatoms. The Morgan fingerprint density at radius 1 is 0.931 bits per heavy atom. The number of aromatic carboxylic acids is 1. The van der Waals surface area contributed by atoms with Crippen molar-refractivity contribution in [1.82, 2.24) is 0 Å². The molecule has 0 fully saturated rings. The van der Waals surface area contributed by atoms with E-state index in [0.29, 0.717) is 23.6 Å². The number of ether oxygens (including phenoxy) is 2. The number of aliphatic imine (C=N–C) groups is 1. The molecule has 0 saturated carbocycles. The molecular weight excluding hydrogens is 370 g/mol. The first-order valence-electron chi connectivity index (χ1n) is 8.83. The summed E-state index contributed by atoms with van der Waals surface area (Å²) in [6.45, 7) is 0.304. The fourth-order valence-corrected chi connectivity index (χ4v) is 2.57. The molecule has 0 aliphatic rings. The molecule has 0 radical (unpaired) electrons. The second-order valence-electron chi connectivity index (χ2n) is 6.13. The number of methoxy groups -OCH3 is 1. The first-order chi connectivity index (χ1) is 14.1. The molecule has 6 nitrogen and oxygen atoms in total. The zero-order valence-corrected chi connectivity index (χ0v) is 15.7. The molecule has 0 spiro atoms. The van der Waals surface area contributed by atoms with Crippen molar-refractivity contribution in [2.75, 3.05) is 7.11 Å². The van der Waals surface area contributed by atoms with Crippen molar-refractivity contribution in [3.8, 4) is 5.75 Å². The van der Waals surface area contributed by atoms with E-state index in [1.54, 1.807) is 54.7 Å². The molecule has 0 aliphatic carbocycles. The van der Waals surface area contributed by atoms with Crippen LogP contribution in [0.1, 0.15) is 31.8 Å². The van der Waals surface area contributed by atoms with Crippen LogP contribution in [0.5, 0.6) is 5.75 Å². The highest BCUT2D eigenvalue weighted by Crippen LogP contribution is 2.20. The number of rotatable bonds is 7. The van der Waals surface area contributed by atoms with Gasteiger partial charge in [-0.05, 0) is 54.1 Å². The number of benzene rings is 3. The maximum atomic E-state index is 11.5. The molecule has 0 bridgehead atoms. The van der Waals surface area contributed by atoms with E-state index in [1.807, 2.05) is 24.3 Å². The maximum Gasteiger partial charge on any atom is 0.337 e. The lowest BCUT2D eigenvalue weighted by atomic mass is 10.1. The van der Waals surface area contributed by atoms with Crippen molar-refractivity contribution in [2.24, 2.45) is 4.99 Å². The molecule has 3 rings (SSSR count). The van der Waals surface area contributed by atoms with Gasteiger partial charge in [0.05, 0.1) is 23.9 Å². The lowest BCUT2D eigenvalue weighted by molar-refractivity contribution is 0.0600. The molecular formula is C23H19NO5. The van der Waals surface area contributed by atoms with Crippen LogP contribution >= 0.6 is 0 Å². The lowest BCUT2D eigenvalue weighted by Crippen LogP contribution is -2.00. The smallest absolute Gasteiger partial charge is 0.337 e. The van der Waals surface area contributed by atoms with Gasteiger partial charge in [-0.3, -0.25) is 4.99 Å². The van der Waals surface area contributed by atoms with Gasteiger partial charge in [-0.1, -0.05) is 24.3 Å². The normalized spacial score (nSPS) is 10.7. The summed E-state index contributed by atoms with van der Waals surface area (Å²) in [5.74, 6) is -0.695. The SMILES string of the molecule is COC(=O)c1ccc(N=Cc2ccccc2OCc2ccc(C(=O)O)cc2)cc1. The number of carbonyl (C=O) groups excluding carboxylic acids is 1. The van der Waals surface area contributed by atoms with E-state index in [2.05, 4.69) is 9.73 Å². The molecule has 146 valence electrons. The van der Waals surface area contributed by atoms with Gasteiger partial charge in [0, 0.05) is 11.8 Å². The van der Waals surface area contributed by atoms with Crippen molar-refractivity contribution >= 4 is 23.8 Å². The summed E-state index contributed by atoms with van der Waals surface area (Å²) in [7, 11) is 1.34. The van der Waals surface area contributed by atoms with Gasteiger partial charge in [0.15, 0.2) is 0 Å². The van der Waals surface area contributed by atoms with Gasteiger partial charge >= 0.3 is 11.9 Å². The van der Waals surface area contributed by atoms with E-state index in [-0.39, 0.29) is 5.56 Å². The predicted molar refractivity (Wildman–Crippen MR) is 109 cm³/mol. The van der Waals surface area contributed by atoms with Gasteiger partial charge in [0.2, 0.25) is 0 Å². The van der Waals surface area contributed by atoms with E-state index < -0.39 is 11.9 Å². The Bertz CT molecular complexity index is 1020. The topological polar surface area (TPSA) is 85.2 Å². The minimum Gasteiger partial charge on any atom is -0.488 e. The summed E-state index contributed by atoms with van der Waals surface area (Å²) in [6.07, 6.45) is 1.69. The van der Waals surface area contributed by atoms with E-state index in [9.17, 15) is 9.59 Å². The Morgan fingerprint density at radius 2 is 1.59 bits per heavy atom. The Kier molecular flexibility index (Phi) is 6.37. The molecule has 29 heavy (non-hydrogen) atoms. The van der Waals surface area contributed by atoms with Crippen molar-refractivity contribution in [2.45, 2.75) is 6.61 Å². The number of carboxylic acid groups (broad SMARTS) is 1. The second-order valence-corrected chi connectivity index (χ2v) is 6.13. The summed E-state index contributed by atoms with van der Waals surface area (Å²) in [4.78, 5) is 26.8. The Labute approximate surface area is 168 Å². The van der Waals surface area contributed by atoms with Crippen LogP contribution in [0, 0.1) is 0 Å².